The molecular weight excluding hydrogens is 239 g/mol. The summed E-state index contributed by atoms with van der Waals surface area (Å²) < 4.78 is 13.3. The standard InChI is InChI=1S/C12H11FN2OS/c1-8(11-3-2-6-17-11)15-12(16)9-4-5-14-7-10(9)13/h2-8H,1H3,(H,15,16). The first-order valence-electron chi connectivity index (χ1n) is 5.12. The van der Waals surface area contributed by atoms with Gasteiger partial charge in [0.2, 0.25) is 0 Å². The van der Waals surface area contributed by atoms with Crippen molar-refractivity contribution in [3.05, 3.63) is 52.2 Å². The van der Waals surface area contributed by atoms with E-state index in [1.807, 2.05) is 24.4 Å². The van der Waals surface area contributed by atoms with E-state index in [0.29, 0.717) is 0 Å². The van der Waals surface area contributed by atoms with Gasteiger partial charge in [-0.2, -0.15) is 0 Å². The molecule has 0 aliphatic rings. The maximum absolute atomic E-state index is 13.3. The fourth-order valence-corrected chi connectivity index (χ4v) is 2.18. The number of halogens is 1. The van der Waals surface area contributed by atoms with E-state index in [0.717, 1.165) is 11.1 Å². The predicted octanol–water partition coefficient (Wildman–Crippen LogP) is 2.77. The Bertz CT molecular complexity index is 513. The molecule has 1 N–H and O–H groups in total. The molecule has 2 heterocycles. The van der Waals surface area contributed by atoms with Gasteiger partial charge in [0.05, 0.1) is 17.8 Å². The van der Waals surface area contributed by atoms with Crippen molar-refractivity contribution in [1.29, 1.82) is 0 Å². The normalized spacial score (nSPS) is 12.1. The number of carbonyl (C=O) groups excluding carboxylic acids is 1. The number of nitrogens with one attached hydrogen (secondary N) is 1. The number of amides is 1. The second-order valence-electron chi connectivity index (χ2n) is 3.57. The van der Waals surface area contributed by atoms with Gasteiger partial charge in [-0.05, 0) is 24.4 Å². The van der Waals surface area contributed by atoms with E-state index in [1.54, 1.807) is 11.3 Å². The van der Waals surface area contributed by atoms with Gasteiger partial charge < -0.3 is 5.32 Å². The number of pyridine rings is 1. The number of rotatable bonds is 3. The third-order valence-electron chi connectivity index (χ3n) is 2.33. The number of hydrogen-bond acceptors (Lipinski definition) is 3. The summed E-state index contributed by atoms with van der Waals surface area (Å²) in [5.41, 5.74) is 0.0170. The average Bonchev–Trinajstić information content (AvgIpc) is 2.82. The van der Waals surface area contributed by atoms with E-state index < -0.39 is 11.7 Å². The molecule has 0 radical (unpaired) electrons. The van der Waals surface area contributed by atoms with E-state index in [9.17, 15) is 9.18 Å². The van der Waals surface area contributed by atoms with Gasteiger partial charge in [-0.15, -0.1) is 11.3 Å². The number of carbonyl (C=O) groups is 1. The van der Waals surface area contributed by atoms with Gasteiger partial charge in [0.1, 0.15) is 0 Å². The molecule has 0 fully saturated rings. The molecule has 17 heavy (non-hydrogen) atoms. The van der Waals surface area contributed by atoms with Crippen molar-refractivity contribution in [2.75, 3.05) is 0 Å². The molecule has 2 rings (SSSR count). The third-order valence-corrected chi connectivity index (χ3v) is 3.39. The van der Waals surface area contributed by atoms with Crippen LogP contribution < -0.4 is 5.32 Å². The van der Waals surface area contributed by atoms with Crippen molar-refractivity contribution >= 4 is 17.2 Å². The zero-order valence-corrected chi connectivity index (χ0v) is 10.00. The summed E-state index contributed by atoms with van der Waals surface area (Å²) >= 11 is 1.55. The molecule has 2 aromatic heterocycles. The highest BCUT2D eigenvalue weighted by Crippen LogP contribution is 2.18. The van der Waals surface area contributed by atoms with Gasteiger partial charge in [0.25, 0.3) is 5.91 Å². The lowest BCUT2D eigenvalue weighted by Crippen LogP contribution is -2.26. The van der Waals surface area contributed by atoms with Crippen molar-refractivity contribution < 1.29 is 9.18 Å². The molecule has 0 saturated heterocycles. The van der Waals surface area contributed by atoms with Crippen LogP contribution in [0.3, 0.4) is 0 Å². The SMILES string of the molecule is CC(NC(=O)c1ccncc1F)c1cccs1. The number of hydrogen-bond donors (Lipinski definition) is 1. The van der Waals surface area contributed by atoms with E-state index in [-0.39, 0.29) is 11.6 Å². The Balaban J connectivity index is 2.10. The minimum Gasteiger partial charge on any atom is -0.345 e. The molecule has 1 atom stereocenters. The highest BCUT2D eigenvalue weighted by molar-refractivity contribution is 7.10. The molecule has 1 unspecified atom stereocenters. The summed E-state index contributed by atoms with van der Waals surface area (Å²) in [6.07, 6.45) is 2.43. The van der Waals surface area contributed by atoms with Crippen LogP contribution in [0.2, 0.25) is 0 Å². The molecular formula is C12H11FN2OS. The Hall–Kier alpha value is -1.75. The summed E-state index contributed by atoms with van der Waals surface area (Å²) in [7, 11) is 0. The smallest absolute Gasteiger partial charge is 0.254 e. The Morgan fingerprint density at radius 1 is 1.53 bits per heavy atom. The fraction of sp³-hybridized carbons (Fsp3) is 0.167. The van der Waals surface area contributed by atoms with Gasteiger partial charge in [-0.1, -0.05) is 6.07 Å². The summed E-state index contributed by atoms with van der Waals surface area (Å²) in [5.74, 6) is -1.03. The molecule has 5 heteroatoms. The summed E-state index contributed by atoms with van der Waals surface area (Å²) in [6.45, 7) is 1.86. The number of aromatic nitrogens is 1. The van der Waals surface area contributed by atoms with Gasteiger partial charge in [0.15, 0.2) is 5.82 Å². The lowest BCUT2D eigenvalue weighted by atomic mass is 10.2. The Labute approximate surface area is 102 Å². The molecule has 1 amide bonds. The molecule has 2 aromatic rings. The predicted molar refractivity (Wildman–Crippen MR) is 64.4 cm³/mol. The minimum absolute atomic E-state index is 0.0170. The second-order valence-corrected chi connectivity index (χ2v) is 4.55. The third kappa shape index (κ3) is 2.68. The van der Waals surface area contributed by atoms with Crippen LogP contribution in [0.25, 0.3) is 0 Å². The quantitative estimate of drug-likeness (QED) is 0.910. The van der Waals surface area contributed by atoms with Crippen LogP contribution in [0, 0.1) is 5.82 Å². The van der Waals surface area contributed by atoms with Gasteiger partial charge in [-0.25, -0.2) is 4.39 Å². The van der Waals surface area contributed by atoms with E-state index in [2.05, 4.69) is 10.3 Å². The first-order chi connectivity index (χ1) is 8.18. The van der Waals surface area contributed by atoms with Crippen molar-refractivity contribution in [2.45, 2.75) is 13.0 Å². The Morgan fingerprint density at radius 3 is 3.00 bits per heavy atom. The lowest BCUT2D eigenvalue weighted by Gasteiger charge is -2.12. The highest BCUT2D eigenvalue weighted by atomic mass is 32.1. The molecule has 0 spiro atoms. The van der Waals surface area contributed by atoms with Crippen molar-refractivity contribution in [1.82, 2.24) is 10.3 Å². The lowest BCUT2D eigenvalue weighted by molar-refractivity contribution is 0.0936. The number of nitrogens with zero attached hydrogens (tertiary/aromatic N) is 1. The first-order valence-corrected chi connectivity index (χ1v) is 6.00. The largest absolute Gasteiger partial charge is 0.345 e. The van der Waals surface area contributed by atoms with E-state index in [1.165, 1.54) is 12.3 Å². The van der Waals surface area contributed by atoms with Gasteiger partial charge >= 0.3 is 0 Å². The van der Waals surface area contributed by atoms with Gasteiger partial charge in [0, 0.05) is 11.1 Å². The molecule has 3 nitrogen and oxygen atoms in total. The van der Waals surface area contributed by atoms with Crippen LogP contribution in [-0.4, -0.2) is 10.9 Å². The maximum Gasteiger partial charge on any atom is 0.254 e. The topological polar surface area (TPSA) is 42.0 Å². The number of thiophene rings is 1. The molecule has 0 aliphatic heterocycles. The first kappa shape index (κ1) is 11.7. The molecule has 88 valence electrons. The van der Waals surface area contributed by atoms with Crippen molar-refractivity contribution in [3.63, 3.8) is 0 Å². The Kier molecular flexibility index (Phi) is 3.49. The van der Waals surface area contributed by atoms with E-state index >= 15 is 0 Å². The Morgan fingerprint density at radius 2 is 2.35 bits per heavy atom. The second kappa shape index (κ2) is 5.05. The average molecular weight is 250 g/mol. The van der Waals surface area contributed by atoms with Crippen LogP contribution in [-0.2, 0) is 0 Å². The highest BCUT2D eigenvalue weighted by Gasteiger charge is 2.15. The van der Waals surface area contributed by atoms with Crippen LogP contribution in [0.4, 0.5) is 4.39 Å². The molecule has 0 aromatic carbocycles. The molecule has 0 aliphatic carbocycles. The summed E-state index contributed by atoms with van der Waals surface area (Å²) in [4.78, 5) is 16.4. The van der Waals surface area contributed by atoms with Crippen LogP contribution in [0.5, 0.6) is 0 Å². The van der Waals surface area contributed by atoms with Crippen LogP contribution in [0.1, 0.15) is 28.2 Å². The van der Waals surface area contributed by atoms with Crippen molar-refractivity contribution in [2.24, 2.45) is 0 Å². The molecule has 0 saturated carbocycles. The zero-order chi connectivity index (χ0) is 12.3. The summed E-state index contributed by atoms with van der Waals surface area (Å²) in [5, 5.41) is 4.68. The zero-order valence-electron chi connectivity index (χ0n) is 9.18. The van der Waals surface area contributed by atoms with Crippen LogP contribution >= 0.6 is 11.3 Å². The van der Waals surface area contributed by atoms with Crippen molar-refractivity contribution in [3.8, 4) is 0 Å². The van der Waals surface area contributed by atoms with Gasteiger partial charge in [-0.3, -0.25) is 9.78 Å². The minimum atomic E-state index is -0.608. The maximum atomic E-state index is 13.3. The van der Waals surface area contributed by atoms with E-state index in [4.69, 9.17) is 0 Å². The van der Waals surface area contributed by atoms with Crippen LogP contribution in [0.15, 0.2) is 36.0 Å². The fourth-order valence-electron chi connectivity index (χ4n) is 1.44. The summed E-state index contributed by atoms with van der Waals surface area (Å²) in [6, 6.07) is 5.08. The monoisotopic (exact) mass is 250 g/mol. The molecule has 0 bridgehead atoms.